The number of rotatable bonds is 3. The van der Waals surface area contributed by atoms with E-state index in [1.165, 1.54) is 65.6 Å². The van der Waals surface area contributed by atoms with Gasteiger partial charge in [-0.25, -0.2) is 17.2 Å². The summed E-state index contributed by atoms with van der Waals surface area (Å²) < 4.78 is 47.6. The van der Waals surface area contributed by atoms with E-state index in [2.05, 4.69) is 20.8 Å². The zero-order valence-corrected chi connectivity index (χ0v) is 30.0. The summed E-state index contributed by atoms with van der Waals surface area (Å²) >= 11 is 0. The molecule has 14 unspecified atom stereocenters. The Labute approximate surface area is 281 Å². The lowest BCUT2D eigenvalue weighted by atomic mass is 9.53. The van der Waals surface area contributed by atoms with Gasteiger partial charge in [-0.1, -0.05) is 65.7 Å². The van der Waals surface area contributed by atoms with Gasteiger partial charge in [-0.05, 0) is 163 Å². The van der Waals surface area contributed by atoms with Gasteiger partial charge in [-0.2, -0.15) is 0 Å². The van der Waals surface area contributed by atoms with Crippen LogP contribution in [0.25, 0.3) is 0 Å². The SMILES string of the molecule is CC12CC3CC4CC(C3)C13CC423.CC1C2C1C2(F)F.CC1C2CC12S(=O)(=O)c1ccccc1.CC1CCC2C3C1C23.CCC1C2CC12. The van der Waals surface area contributed by atoms with Gasteiger partial charge in [0.15, 0.2) is 9.84 Å². The molecule has 5 heteroatoms. The van der Waals surface area contributed by atoms with Crippen LogP contribution in [0, 0.1) is 111 Å². The van der Waals surface area contributed by atoms with Crippen LogP contribution in [-0.2, 0) is 9.84 Å². The molecule has 16 fully saturated rings. The molecule has 0 aromatic heterocycles. The van der Waals surface area contributed by atoms with Gasteiger partial charge < -0.3 is 0 Å². The summed E-state index contributed by atoms with van der Waals surface area (Å²) in [6.07, 6.45) is 15.2. The van der Waals surface area contributed by atoms with E-state index in [1.807, 2.05) is 19.9 Å². The maximum absolute atomic E-state index is 12.2. The molecule has 16 saturated carbocycles. The zero-order valence-electron chi connectivity index (χ0n) is 29.2. The van der Waals surface area contributed by atoms with Crippen molar-refractivity contribution in [3.8, 4) is 0 Å². The molecule has 16 aliphatic rings. The van der Waals surface area contributed by atoms with E-state index in [4.69, 9.17) is 0 Å². The van der Waals surface area contributed by atoms with Gasteiger partial charge in [0.25, 0.3) is 5.92 Å². The maximum atomic E-state index is 12.2. The van der Waals surface area contributed by atoms with Crippen LogP contribution in [0.2, 0.25) is 0 Å². The minimum Gasteiger partial charge on any atom is -0.223 e. The molecule has 17 rings (SSSR count). The standard InChI is InChI=1S/C12H16.C11H12O2S.C8H12.C6H10.C5H6F2/c1-10-5-7-2-8-4-9(3-7)12(10)6-11(8,10)12;1-8-10-7-11(8,10)14(12,13)9-5-3-2-4-6-9;1-4-2-3-5-7-6(4)8(5)7;1-2-4-5-3-6(4)5;1-2-3-4(2)5(3,6)7/h7-9H,2-6H2,1H3;2-6,8,10H,7H2,1H3;4-8H,2-3H2,1H3;4-6H,2-3H2,1H3;2-4H,1H3. The van der Waals surface area contributed by atoms with Crippen molar-refractivity contribution in [3.63, 3.8) is 0 Å². The Bertz CT molecular complexity index is 1600. The molecule has 47 heavy (non-hydrogen) atoms. The lowest BCUT2D eigenvalue weighted by molar-refractivity contribution is -0.0182. The van der Waals surface area contributed by atoms with E-state index in [9.17, 15) is 17.2 Å². The molecule has 0 amide bonds. The zero-order chi connectivity index (χ0) is 32.4. The quantitative estimate of drug-likeness (QED) is 0.323. The van der Waals surface area contributed by atoms with E-state index >= 15 is 0 Å². The van der Waals surface area contributed by atoms with E-state index < -0.39 is 15.8 Å². The number of benzene rings is 1. The van der Waals surface area contributed by atoms with Crippen LogP contribution in [-0.4, -0.2) is 19.1 Å². The highest BCUT2D eigenvalue weighted by Crippen LogP contribution is 3.10. The summed E-state index contributed by atoms with van der Waals surface area (Å²) in [5.41, 5.74) is 2.84. The Balaban J connectivity index is 0.0000000745. The Hall–Kier alpha value is -0.970. The molecule has 16 aliphatic carbocycles. The third kappa shape index (κ3) is 3.42. The molecule has 14 atom stereocenters. The van der Waals surface area contributed by atoms with E-state index in [-0.39, 0.29) is 16.6 Å². The summed E-state index contributed by atoms with van der Waals surface area (Å²) in [5, 5.41) is 0. The molecule has 2 nitrogen and oxygen atoms in total. The van der Waals surface area contributed by atoms with Crippen molar-refractivity contribution in [2.24, 2.45) is 111 Å². The lowest BCUT2D eigenvalue weighted by Gasteiger charge is -2.51. The average molecular weight is 663 g/mol. The van der Waals surface area contributed by atoms with Crippen LogP contribution in [0.5, 0.6) is 0 Å². The van der Waals surface area contributed by atoms with Crippen LogP contribution in [0.1, 0.15) is 98.8 Å². The number of halogens is 2. The first-order chi connectivity index (χ1) is 22.3. The molecule has 0 radical (unpaired) electrons. The first-order valence-corrected chi connectivity index (χ1v) is 21.5. The van der Waals surface area contributed by atoms with Gasteiger partial charge in [-0.15, -0.1) is 0 Å². The van der Waals surface area contributed by atoms with Crippen molar-refractivity contribution in [1.82, 2.24) is 0 Å². The molecule has 256 valence electrons. The van der Waals surface area contributed by atoms with Gasteiger partial charge in [0, 0.05) is 11.8 Å². The molecule has 2 spiro atoms. The van der Waals surface area contributed by atoms with Crippen molar-refractivity contribution < 1.29 is 17.2 Å². The van der Waals surface area contributed by atoms with Crippen molar-refractivity contribution >= 4 is 9.84 Å². The molecule has 0 N–H and O–H groups in total. The number of fused-ring (bicyclic) bond motifs is 5. The Morgan fingerprint density at radius 3 is 1.77 bits per heavy atom. The van der Waals surface area contributed by atoms with Gasteiger partial charge in [0.1, 0.15) is 0 Å². The predicted molar refractivity (Wildman–Crippen MR) is 179 cm³/mol. The molecular formula is C42H56F2O2S. The Morgan fingerprint density at radius 2 is 1.43 bits per heavy atom. The first-order valence-electron chi connectivity index (χ1n) is 20.0. The highest BCUT2D eigenvalue weighted by Gasteiger charge is 3.04. The fraction of sp³-hybridized carbons (Fsp3) is 0.857. The fourth-order valence-corrected chi connectivity index (χ4v) is 18.0. The average Bonchev–Trinajstić information content (AvgIpc) is 3.81. The van der Waals surface area contributed by atoms with Crippen molar-refractivity contribution in [2.75, 3.05) is 0 Å². The summed E-state index contributed by atoms with van der Waals surface area (Å²) in [4.78, 5) is 0.492. The normalized spacial score (nSPS) is 62.8. The first kappa shape index (κ1) is 29.7. The molecule has 6 bridgehead atoms. The Morgan fingerprint density at radius 1 is 0.809 bits per heavy atom. The minimum atomic E-state index is -3.04. The minimum absolute atomic E-state index is 0.201. The molecule has 1 aromatic carbocycles. The third-order valence-corrected chi connectivity index (χ3v) is 21.7. The fourth-order valence-electron chi connectivity index (χ4n) is 15.5. The number of hydrogen-bond donors (Lipinski definition) is 0. The molecule has 0 aliphatic heterocycles. The Kier molecular flexibility index (Phi) is 5.41. The smallest absolute Gasteiger partial charge is 0.223 e. The summed E-state index contributed by atoms with van der Waals surface area (Å²) in [6, 6.07) is 8.81. The topological polar surface area (TPSA) is 34.1 Å². The number of sulfone groups is 1. The summed E-state index contributed by atoms with van der Waals surface area (Å²) in [7, 11) is -3.04. The van der Waals surface area contributed by atoms with E-state index in [0.29, 0.717) is 22.6 Å². The van der Waals surface area contributed by atoms with Gasteiger partial charge in [-0.3, -0.25) is 0 Å². The molecule has 1 aromatic rings. The second-order valence-corrected chi connectivity index (χ2v) is 22.4. The van der Waals surface area contributed by atoms with Gasteiger partial charge in [0.2, 0.25) is 0 Å². The highest BCUT2D eigenvalue weighted by atomic mass is 32.2. The van der Waals surface area contributed by atoms with Crippen LogP contribution in [0.15, 0.2) is 35.2 Å². The molecular weight excluding hydrogens is 607 g/mol. The van der Waals surface area contributed by atoms with E-state index in [1.54, 1.807) is 75.6 Å². The summed E-state index contributed by atoms with van der Waals surface area (Å²) in [5.74, 6) is 11.9. The van der Waals surface area contributed by atoms with Crippen LogP contribution in [0.4, 0.5) is 8.78 Å². The van der Waals surface area contributed by atoms with Gasteiger partial charge in [0.05, 0.1) is 9.64 Å². The van der Waals surface area contributed by atoms with Crippen molar-refractivity contribution in [2.45, 2.75) is 114 Å². The number of hydrogen-bond acceptors (Lipinski definition) is 2. The highest BCUT2D eigenvalue weighted by molar-refractivity contribution is 7.93. The second-order valence-electron chi connectivity index (χ2n) is 20.2. The summed E-state index contributed by atoms with van der Waals surface area (Å²) in [6.45, 7) is 11.3. The lowest BCUT2D eigenvalue weighted by Crippen LogP contribution is -2.42. The third-order valence-electron chi connectivity index (χ3n) is 19.0. The van der Waals surface area contributed by atoms with Crippen LogP contribution >= 0.6 is 0 Å². The van der Waals surface area contributed by atoms with Gasteiger partial charge >= 0.3 is 0 Å². The maximum Gasteiger partial charge on any atom is 0.255 e. The number of alkyl halides is 2. The largest absolute Gasteiger partial charge is 0.255 e. The van der Waals surface area contributed by atoms with Crippen molar-refractivity contribution in [1.29, 1.82) is 0 Å². The second kappa shape index (κ2) is 8.55. The monoisotopic (exact) mass is 662 g/mol. The van der Waals surface area contributed by atoms with E-state index in [0.717, 1.165) is 28.6 Å². The van der Waals surface area contributed by atoms with Crippen LogP contribution < -0.4 is 0 Å². The molecule has 0 saturated heterocycles. The van der Waals surface area contributed by atoms with Crippen molar-refractivity contribution in [3.05, 3.63) is 30.3 Å². The van der Waals surface area contributed by atoms with Crippen LogP contribution in [0.3, 0.4) is 0 Å². The molecule has 0 heterocycles. The predicted octanol–water partition coefficient (Wildman–Crippen LogP) is 9.79.